The van der Waals surface area contributed by atoms with E-state index in [2.05, 4.69) is 21.0 Å². The zero-order valence-corrected chi connectivity index (χ0v) is 15.1. The van der Waals surface area contributed by atoms with Crippen LogP contribution in [0.4, 0.5) is 0 Å². The van der Waals surface area contributed by atoms with Gasteiger partial charge in [0.25, 0.3) is 11.5 Å². The predicted octanol–water partition coefficient (Wildman–Crippen LogP) is 3.33. The van der Waals surface area contributed by atoms with Gasteiger partial charge in [-0.25, -0.2) is 4.98 Å². The average Bonchev–Trinajstić information content (AvgIpc) is 3.17. The highest BCUT2D eigenvalue weighted by atomic mass is 16.2. The number of aromatic nitrogens is 3. The molecule has 0 bridgehead atoms. The Kier molecular flexibility index (Phi) is 3.83. The van der Waals surface area contributed by atoms with Gasteiger partial charge in [0.1, 0.15) is 11.2 Å². The minimum atomic E-state index is -0.346. The third-order valence-electron chi connectivity index (χ3n) is 5.28. The largest absolute Gasteiger partial charge is 0.346 e. The lowest BCUT2D eigenvalue weighted by molar-refractivity contribution is 0.0771. The number of H-pyrrole nitrogens is 2. The summed E-state index contributed by atoms with van der Waals surface area (Å²) in [4.78, 5) is 37.4. The van der Waals surface area contributed by atoms with Crippen LogP contribution in [0.3, 0.4) is 0 Å². The molecule has 2 N–H and O–H groups in total. The van der Waals surface area contributed by atoms with Gasteiger partial charge in [0.2, 0.25) is 0 Å². The zero-order valence-electron chi connectivity index (χ0n) is 15.1. The molecule has 28 heavy (non-hydrogen) atoms. The molecule has 6 heteroatoms. The van der Waals surface area contributed by atoms with Gasteiger partial charge in [-0.1, -0.05) is 24.3 Å². The number of rotatable bonds is 2. The van der Waals surface area contributed by atoms with E-state index < -0.39 is 0 Å². The van der Waals surface area contributed by atoms with Crippen LogP contribution < -0.4 is 5.56 Å². The number of hydrogen-bond acceptors (Lipinski definition) is 3. The topological polar surface area (TPSA) is 81.9 Å². The average molecular weight is 370 g/mol. The third kappa shape index (κ3) is 2.70. The molecule has 5 rings (SSSR count). The number of carbonyl (C=O) groups is 1. The monoisotopic (exact) mass is 370 g/mol. The highest BCUT2D eigenvalue weighted by Crippen LogP contribution is 2.28. The smallest absolute Gasteiger partial charge is 0.261 e. The van der Waals surface area contributed by atoms with Crippen LogP contribution in [0, 0.1) is 0 Å². The van der Waals surface area contributed by atoms with Crippen molar-refractivity contribution in [1.82, 2.24) is 19.9 Å². The molecule has 1 aromatic carbocycles. The van der Waals surface area contributed by atoms with Crippen molar-refractivity contribution in [3.05, 3.63) is 82.4 Å². The molecule has 138 valence electrons. The van der Waals surface area contributed by atoms with Gasteiger partial charge in [-0.2, -0.15) is 0 Å². The normalized spacial score (nSPS) is 14.4. The first-order valence-corrected chi connectivity index (χ1v) is 9.23. The van der Waals surface area contributed by atoms with Gasteiger partial charge in [-0.05, 0) is 41.6 Å². The van der Waals surface area contributed by atoms with Crippen LogP contribution in [0.2, 0.25) is 0 Å². The van der Waals surface area contributed by atoms with Crippen molar-refractivity contribution in [2.75, 3.05) is 13.1 Å². The molecule has 6 nitrogen and oxygen atoms in total. The fourth-order valence-corrected chi connectivity index (χ4v) is 3.80. The summed E-state index contributed by atoms with van der Waals surface area (Å²) >= 11 is 0. The minimum Gasteiger partial charge on any atom is -0.346 e. The van der Waals surface area contributed by atoms with Crippen LogP contribution in [0.25, 0.3) is 27.5 Å². The summed E-state index contributed by atoms with van der Waals surface area (Å²) in [5.74, 6) is -0.233. The number of para-hydroxylation sites is 1. The summed E-state index contributed by atoms with van der Waals surface area (Å²) < 4.78 is 0. The van der Waals surface area contributed by atoms with Crippen LogP contribution in [0.1, 0.15) is 22.3 Å². The first-order chi connectivity index (χ1) is 13.7. The maximum atomic E-state index is 12.9. The second kappa shape index (κ2) is 6.49. The number of fused-ring (bicyclic) bond motifs is 2. The lowest BCUT2D eigenvalue weighted by atomic mass is 9.99. The van der Waals surface area contributed by atoms with Crippen LogP contribution in [0.15, 0.2) is 65.7 Å². The molecule has 3 aromatic heterocycles. The predicted molar refractivity (Wildman–Crippen MR) is 109 cm³/mol. The zero-order chi connectivity index (χ0) is 19.1. The van der Waals surface area contributed by atoms with E-state index in [-0.39, 0.29) is 17.0 Å². The maximum Gasteiger partial charge on any atom is 0.261 e. The number of amides is 1. The summed E-state index contributed by atoms with van der Waals surface area (Å²) in [6, 6.07) is 13.1. The maximum absolute atomic E-state index is 12.9. The van der Waals surface area contributed by atoms with Gasteiger partial charge in [-0.3, -0.25) is 9.59 Å². The van der Waals surface area contributed by atoms with Crippen molar-refractivity contribution in [3.8, 4) is 0 Å². The van der Waals surface area contributed by atoms with Crippen molar-refractivity contribution in [2.24, 2.45) is 0 Å². The molecule has 1 amide bonds. The molecule has 1 aliphatic rings. The van der Waals surface area contributed by atoms with Crippen molar-refractivity contribution in [2.45, 2.75) is 6.42 Å². The Morgan fingerprint density at radius 2 is 2.04 bits per heavy atom. The summed E-state index contributed by atoms with van der Waals surface area (Å²) in [6.07, 6.45) is 6.53. The lowest BCUT2D eigenvalue weighted by Crippen LogP contribution is -2.37. The molecule has 0 unspecified atom stereocenters. The lowest BCUT2D eigenvalue weighted by Gasteiger charge is -2.26. The first kappa shape index (κ1) is 16.5. The quantitative estimate of drug-likeness (QED) is 0.568. The van der Waals surface area contributed by atoms with Gasteiger partial charge < -0.3 is 14.9 Å². The van der Waals surface area contributed by atoms with Crippen molar-refractivity contribution in [1.29, 1.82) is 0 Å². The standard InChI is InChI=1S/C22H18N4O2/c27-21-17(12-15-4-1-2-6-19(15)25-21)22(28)26-10-7-14(8-11-26)18-13-24-20-16(18)5-3-9-23-20/h1-7,9,12-13H,8,10-11H2,(H,23,24)(H,25,27). The summed E-state index contributed by atoms with van der Waals surface area (Å²) in [5.41, 5.74) is 3.75. The Balaban J connectivity index is 1.43. The highest BCUT2D eigenvalue weighted by Gasteiger charge is 2.22. The Morgan fingerprint density at radius 3 is 2.89 bits per heavy atom. The van der Waals surface area contributed by atoms with Gasteiger partial charge in [0, 0.05) is 41.9 Å². The Bertz CT molecular complexity index is 1300. The van der Waals surface area contributed by atoms with Crippen molar-refractivity contribution >= 4 is 33.4 Å². The highest BCUT2D eigenvalue weighted by molar-refractivity contribution is 5.98. The molecular formula is C22H18N4O2. The number of benzene rings is 1. The van der Waals surface area contributed by atoms with E-state index in [0.29, 0.717) is 13.1 Å². The minimum absolute atomic E-state index is 0.187. The molecular weight excluding hydrogens is 352 g/mol. The van der Waals surface area contributed by atoms with Gasteiger partial charge in [0.15, 0.2) is 0 Å². The summed E-state index contributed by atoms with van der Waals surface area (Å²) in [5, 5.41) is 1.93. The van der Waals surface area contributed by atoms with Crippen molar-refractivity contribution < 1.29 is 4.79 Å². The van der Waals surface area contributed by atoms with Crippen LogP contribution in [-0.4, -0.2) is 38.8 Å². The molecule has 1 aliphatic heterocycles. The number of nitrogens with zero attached hydrogens (tertiary/aromatic N) is 2. The van der Waals surface area contributed by atoms with E-state index in [1.165, 1.54) is 5.57 Å². The molecule has 0 atom stereocenters. The number of aromatic amines is 2. The van der Waals surface area contributed by atoms with E-state index in [9.17, 15) is 9.59 Å². The Hall–Kier alpha value is -3.67. The SMILES string of the molecule is O=C(c1cc2ccccc2[nH]c1=O)N1CC=C(c2c[nH]c3ncccc23)CC1. The molecule has 4 heterocycles. The molecule has 0 spiro atoms. The Morgan fingerprint density at radius 1 is 1.14 bits per heavy atom. The molecule has 0 saturated heterocycles. The number of hydrogen-bond donors (Lipinski definition) is 2. The Labute approximate surface area is 160 Å². The van der Waals surface area contributed by atoms with E-state index >= 15 is 0 Å². The third-order valence-corrected chi connectivity index (χ3v) is 5.28. The van der Waals surface area contributed by atoms with Gasteiger partial charge in [-0.15, -0.1) is 0 Å². The van der Waals surface area contributed by atoms with E-state index in [1.807, 2.05) is 42.6 Å². The fourth-order valence-electron chi connectivity index (χ4n) is 3.80. The molecule has 0 saturated carbocycles. The van der Waals surface area contributed by atoms with E-state index in [0.717, 1.165) is 33.9 Å². The van der Waals surface area contributed by atoms with Crippen LogP contribution >= 0.6 is 0 Å². The number of carbonyl (C=O) groups excluding carboxylic acids is 1. The van der Waals surface area contributed by atoms with Crippen LogP contribution in [0.5, 0.6) is 0 Å². The van der Waals surface area contributed by atoms with Gasteiger partial charge in [0.05, 0.1) is 0 Å². The fraction of sp³-hybridized carbons (Fsp3) is 0.136. The summed E-state index contributed by atoms with van der Waals surface area (Å²) in [6.45, 7) is 1.05. The van der Waals surface area contributed by atoms with Gasteiger partial charge >= 0.3 is 0 Å². The molecule has 0 aliphatic carbocycles. The van der Waals surface area contributed by atoms with Crippen LogP contribution in [-0.2, 0) is 0 Å². The van der Waals surface area contributed by atoms with E-state index in [4.69, 9.17) is 0 Å². The molecule has 0 fully saturated rings. The first-order valence-electron chi connectivity index (χ1n) is 9.23. The van der Waals surface area contributed by atoms with Crippen molar-refractivity contribution in [3.63, 3.8) is 0 Å². The molecule has 0 radical (unpaired) electrons. The molecule has 4 aromatic rings. The second-order valence-electron chi connectivity index (χ2n) is 6.93. The number of nitrogens with one attached hydrogen (secondary N) is 2. The second-order valence-corrected chi connectivity index (χ2v) is 6.93. The van der Waals surface area contributed by atoms with E-state index in [1.54, 1.807) is 17.2 Å². The summed E-state index contributed by atoms with van der Waals surface area (Å²) in [7, 11) is 0. The number of pyridine rings is 2.